The highest BCUT2D eigenvalue weighted by Gasteiger charge is 2.23. The van der Waals surface area contributed by atoms with Gasteiger partial charge in [0.1, 0.15) is 0 Å². The van der Waals surface area contributed by atoms with Gasteiger partial charge in [0.05, 0.1) is 0 Å². The molecule has 0 aromatic heterocycles. The molecule has 0 amide bonds. The molecule has 0 N–H and O–H groups in total. The van der Waals surface area contributed by atoms with E-state index in [4.69, 9.17) is 0 Å². The molecule has 0 fully saturated rings. The summed E-state index contributed by atoms with van der Waals surface area (Å²) < 4.78 is 0. The lowest BCUT2D eigenvalue weighted by atomic mass is 9.80. The molecule has 1 aliphatic heterocycles. The summed E-state index contributed by atoms with van der Waals surface area (Å²) in [5.41, 5.74) is 7.78. The van der Waals surface area contributed by atoms with Crippen molar-refractivity contribution in [1.82, 2.24) is 4.90 Å². The summed E-state index contributed by atoms with van der Waals surface area (Å²) in [6, 6.07) is 15.5. The predicted octanol–water partition coefficient (Wildman–Crippen LogP) is 4.85. The van der Waals surface area contributed by atoms with Crippen molar-refractivity contribution < 1.29 is 0 Å². The molecule has 1 heterocycles. The zero-order chi connectivity index (χ0) is 15.7. The number of nitrogens with zero attached hydrogens (tertiary/aromatic N) is 1. The summed E-state index contributed by atoms with van der Waals surface area (Å²) in [5.74, 6) is 0. The first-order valence-corrected chi connectivity index (χ1v) is 8.33. The van der Waals surface area contributed by atoms with Crippen molar-refractivity contribution in [2.24, 2.45) is 0 Å². The summed E-state index contributed by atoms with van der Waals surface area (Å²) >= 11 is 0. The summed E-state index contributed by atoms with van der Waals surface area (Å²) in [7, 11) is 0. The number of hydrogen-bond acceptors (Lipinski definition) is 1. The predicted molar refractivity (Wildman–Crippen MR) is 94.1 cm³/mol. The molecule has 3 rings (SSSR count). The maximum atomic E-state index is 2.56. The zero-order valence-corrected chi connectivity index (χ0v) is 14.3. The Bertz CT molecular complexity index is 650. The lowest BCUT2D eigenvalue weighted by Crippen LogP contribution is -2.31. The number of rotatable bonds is 2. The first-order chi connectivity index (χ1) is 10.4. The largest absolute Gasteiger partial charge is 0.294 e. The maximum absolute atomic E-state index is 2.56. The SMILES string of the molecule is Cc1c(C(C)(C)C)ccc2c1CCN(Cc1ccccc1)C2. The third kappa shape index (κ3) is 3.10. The minimum Gasteiger partial charge on any atom is -0.294 e. The van der Waals surface area contributed by atoms with Gasteiger partial charge in [0.2, 0.25) is 0 Å². The highest BCUT2D eigenvalue weighted by Crippen LogP contribution is 2.32. The van der Waals surface area contributed by atoms with E-state index in [0.29, 0.717) is 0 Å². The van der Waals surface area contributed by atoms with Crippen LogP contribution in [-0.2, 0) is 24.9 Å². The van der Waals surface area contributed by atoms with E-state index in [2.05, 4.69) is 75.1 Å². The Morgan fingerprint density at radius 1 is 1.00 bits per heavy atom. The molecule has 1 heteroatoms. The Balaban J connectivity index is 1.81. The normalized spacial score (nSPS) is 15.6. The van der Waals surface area contributed by atoms with Crippen LogP contribution in [0.3, 0.4) is 0 Å². The van der Waals surface area contributed by atoms with Gasteiger partial charge in [-0.1, -0.05) is 63.2 Å². The lowest BCUT2D eigenvalue weighted by Gasteiger charge is -2.32. The van der Waals surface area contributed by atoms with Crippen LogP contribution in [0.4, 0.5) is 0 Å². The smallest absolute Gasteiger partial charge is 0.0240 e. The van der Waals surface area contributed by atoms with Crippen LogP contribution in [0, 0.1) is 6.92 Å². The molecule has 0 radical (unpaired) electrons. The van der Waals surface area contributed by atoms with Crippen molar-refractivity contribution in [3.63, 3.8) is 0 Å². The molecule has 0 aliphatic carbocycles. The summed E-state index contributed by atoms with van der Waals surface area (Å²) in [4.78, 5) is 2.56. The van der Waals surface area contributed by atoms with Gasteiger partial charge in [-0.25, -0.2) is 0 Å². The maximum Gasteiger partial charge on any atom is 0.0240 e. The standard InChI is InChI=1S/C21H27N/c1-16-19-12-13-22(14-17-8-6-5-7-9-17)15-18(19)10-11-20(16)21(2,3)4/h5-11H,12-15H2,1-4H3. The third-order valence-corrected chi connectivity index (χ3v) is 4.82. The summed E-state index contributed by atoms with van der Waals surface area (Å²) in [6.07, 6.45) is 1.18. The molecule has 0 atom stereocenters. The zero-order valence-electron chi connectivity index (χ0n) is 14.3. The summed E-state index contributed by atoms with van der Waals surface area (Å²) in [6.45, 7) is 12.5. The molecule has 0 saturated carbocycles. The molecule has 0 bridgehead atoms. The quantitative estimate of drug-likeness (QED) is 0.765. The van der Waals surface area contributed by atoms with E-state index in [0.717, 1.165) is 19.6 Å². The highest BCUT2D eigenvalue weighted by molar-refractivity contribution is 5.44. The van der Waals surface area contributed by atoms with Crippen molar-refractivity contribution in [3.8, 4) is 0 Å². The van der Waals surface area contributed by atoms with Crippen LogP contribution < -0.4 is 0 Å². The van der Waals surface area contributed by atoms with Gasteiger partial charge in [0, 0.05) is 19.6 Å². The van der Waals surface area contributed by atoms with Gasteiger partial charge in [-0.15, -0.1) is 0 Å². The topological polar surface area (TPSA) is 3.24 Å². The monoisotopic (exact) mass is 293 g/mol. The molecule has 0 spiro atoms. The van der Waals surface area contributed by atoms with Crippen LogP contribution in [0.15, 0.2) is 42.5 Å². The molecule has 116 valence electrons. The third-order valence-electron chi connectivity index (χ3n) is 4.82. The lowest BCUT2D eigenvalue weighted by molar-refractivity contribution is 0.245. The van der Waals surface area contributed by atoms with Crippen molar-refractivity contribution in [2.45, 2.75) is 52.6 Å². The van der Waals surface area contributed by atoms with Crippen molar-refractivity contribution in [1.29, 1.82) is 0 Å². The Kier molecular flexibility index (Phi) is 4.10. The minimum absolute atomic E-state index is 0.236. The first kappa shape index (κ1) is 15.3. The fourth-order valence-corrected chi connectivity index (χ4v) is 3.69. The van der Waals surface area contributed by atoms with Crippen LogP contribution >= 0.6 is 0 Å². The van der Waals surface area contributed by atoms with Crippen molar-refractivity contribution in [3.05, 3.63) is 70.3 Å². The Morgan fingerprint density at radius 2 is 1.73 bits per heavy atom. The number of fused-ring (bicyclic) bond motifs is 1. The minimum atomic E-state index is 0.236. The summed E-state index contributed by atoms with van der Waals surface area (Å²) in [5, 5.41) is 0. The van der Waals surface area contributed by atoms with E-state index >= 15 is 0 Å². The van der Waals surface area contributed by atoms with E-state index in [9.17, 15) is 0 Å². The Hall–Kier alpha value is -1.60. The average molecular weight is 293 g/mol. The van der Waals surface area contributed by atoms with Gasteiger partial charge < -0.3 is 0 Å². The van der Waals surface area contributed by atoms with Crippen LogP contribution in [0.2, 0.25) is 0 Å². The fourth-order valence-electron chi connectivity index (χ4n) is 3.69. The van der Waals surface area contributed by atoms with Gasteiger partial charge in [-0.05, 0) is 46.6 Å². The molecule has 0 unspecified atom stereocenters. The fraction of sp³-hybridized carbons (Fsp3) is 0.429. The van der Waals surface area contributed by atoms with Crippen molar-refractivity contribution >= 4 is 0 Å². The number of hydrogen-bond donors (Lipinski definition) is 0. The highest BCUT2D eigenvalue weighted by atomic mass is 15.1. The van der Waals surface area contributed by atoms with Crippen molar-refractivity contribution in [2.75, 3.05) is 6.54 Å². The molecule has 1 nitrogen and oxygen atoms in total. The van der Waals surface area contributed by atoms with Gasteiger partial charge in [0.25, 0.3) is 0 Å². The molecular weight excluding hydrogens is 266 g/mol. The van der Waals surface area contributed by atoms with E-state index in [1.165, 1.54) is 28.7 Å². The molecule has 2 aromatic rings. The van der Waals surface area contributed by atoms with Crippen LogP contribution in [-0.4, -0.2) is 11.4 Å². The molecule has 1 aliphatic rings. The Morgan fingerprint density at radius 3 is 2.41 bits per heavy atom. The molecule has 22 heavy (non-hydrogen) atoms. The van der Waals surface area contributed by atoms with Crippen LogP contribution in [0.1, 0.15) is 48.6 Å². The average Bonchev–Trinajstić information content (AvgIpc) is 2.47. The van der Waals surface area contributed by atoms with E-state index < -0.39 is 0 Å². The van der Waals surface area contributed by atoms with Gasteiger partial charge in [-0.2, -0.15) is 0 Å². The molecule has 2 aromatic carbocycles. The van der Waals surface area contributed by atoms with E-state index in [-0.39, 0.29) is 5.41 Å². The second kappa shape index (κ2) is 5.89. The van der Waals surface area contributed by atoms with Gasteiger partial charge in [0.15, 0.2) is 0 Å². The Labute approximate surface area is 135 Å². The van der Waals surface area contributed by atoms with E-state index in [1.54, 1.807) is 5.56 Å². The second-order valence-electron chi connectivity index (χ2n) is 7.57. The second-order valence-corrected chi connectivity index (χ2v) is 7.57. The van der Waals surface area contributed by atoms with Gasteiger partial charge >= 0.3 is 0 Å². The molecule has 0 saturated heterocycles. The van der Waals surface area contributed by atoms with Gasteiger partial charge in [-0.3, -0.25) is 4.90 Å². The first-order valence-electron chi connectivity index (χ1n) is 8.33. The van der Waals surface area contributed by atoms with Crippen LogP contribution in [0.5, 0.6) is 0 Å². The number of benzene rings is 2. The van der Waals surface area contributed by atoms with Crippen LogP contribution in [0.25, 0.3) is 0 Å². The molecular formula is C21H27N. The van der Waals surface area contributed by atoms with E-state index in [1.807, 2.05) is 0 Å².